The van der Waals surface area contributed by atoms with Crippen LogP contribution < -0.4 is 4.74 Å². The Morgan fingerprint density at radius 3 is 2.67 bits per heavy atom. The van der Waals surface area contributed by atoms with Gasteiger partial charge in [0.15, 0.2) is 0 Å². The number of aryl methyl sites for hydroxylation is 1. The second kappa shape index (κ2) is 5.47. The second-order valence-electron chi connectivity index (χ2n) is 4.22. The Hall–Kier alpha value is -2.51. The SMILES string of the molecule is Cn1ncc(C(=O)O)c1COc1ccccc1C(F)(F)F. The lowest BCUT2D eigenvalue weighted by molar-refractivity contribution is -0.139. The molecule has 0 saturated carbocycles. The molecule has 0 saturated heterocycles. The molecule has 0 atom stereocenters. The van der Waals surface area contributed by atoms with Crippen LogP contribution in [0.3, 0.4) is 0 Å². The molecule has 2 aromatic rings. The normalized spacial score (nSPS) is 11.4. The number of rotatable bonds is 4. The average Bonchev–Trinajstić information content (AvgIpc) is 2.77. The quantitative estimate of drug-likeness (QED) is 0.943. The monoisotopic (exact) mass is 300 g/mol. The molecule has 0 aliphatic rings. The van der Waals surface area contributed by atoms with Gasteiger partial charge in [-0.1, -0.05) is 12.1 Å². The van der Waals surface area contributed by atoms with Gasteiger partial charge in [0.25, 0.3) is 0 Å². The van der Waals surface area contributed by atoms with Crippen molar-refractivity contribution in [3.63, 3.8) is 0 Å². The van der Waals surface area contributed by atoms with Gasteiger partial charge in [0.2, 0.25) is 0 Å². The molecule has 5 nitrogen and oxygen atoms in total. The Morgan fingerprint density at radius 1 is 1.38 bits per heavy atom. The molecule has 0 unspecified atom stereocenters. The lowest BCUT2D eigenvalue weighted by Crippen LogP contribution is -2.12. The van der Waals surface area contributed by atoms with Crippen LogP contribution >= 0.6 is 0 Å². The molecule has 0 fully saturated rings. The zero-order valence-corrected chi connectivity index (χ0v) is 10.9. The number of alkyl halides is 3. The molecule has 112 valence electrons. The molecule has 1 aromatic carbocycles. The lowest BCUT2D eigenvalue weighted by Gasteiger charge is -2.14. The Balaban J connectivity index is 2.26. The van der Waals surface area contributed by atoms with Gasteiger partial charge in [-0.25, -0.2) is 4.79 Å². The second-order valence-corrected chi connectivity index (χ2v) is 4.22. The summed E-state index contributed by atoms with van der Waals surface area (Å²) in [5.41, 5.74) is -0.842. The highest BCUT2D eigenvalue weighted by atomic mass is 19.4. The van der Waals surface area contributed by atoms with Crippen molar-refractivity contribution in [2.24, 2.45) is 7.05 Å². The van der Waals surface area contributed by atoms with E-state index in [1.807, 2.05) is 0 Å². The molecule has 1 heterocycles. The van der Waals surface area contributed by atoms with Gasteiger partial charge in [-0.15, -0.1) is 0 Å². The van der Waals surface area contributed by atoms with E-state index in [0.717, 1.165) is 12.3 Å². The zero-order valence-electron chi connectivity index (χ0n) is 10.9. The van der Waals surface area contributed by atoms with Gasteiger partial charge in [-0.3, -0.25) is 4.68 Å². The first-order valence-electron chi connectivity index (χ1n) is 5.84. The molecule has 1 aromatic heterocycles. The number of carboxylic acids is 1. The minimum absolute atomic E-state index is 0.109. The van der Waals surface area contributed by atoms with E-state index in [1.165, 1.54) is 29.9 Å². The van der Waals surface area contributed by atoms with E-state index in [1.54, 1.807) is 0 Å². The highest BCUT2D eigenvalue weighted by molar-refractivity contribution is 5.88. The van der Waals surface area contributed by atoms with Crippen molar-refractivity contribution in [2.75, 3.05) is 0 Å². The molecule has 0 amide bonds. The molecule has 0 aliphatic heterocycles. The van der Waals surface area contributed by atoms with Crippen molar-refractivity contribution in [3.05, 3.63) is 47.3 Å². The van der Waals surface area contributed by atoms with Crippen LogP contribution in [0.15, 0.2) is 30.5 Å². The summed E-state index contributed by atoms with van der Waals surface area (Å²) < 4.78 is 44.8. The van der Waals surface area contributed by atoms with E-state index in [0.29, 0.717) is 0 Å². The Bertz CT molecular complexity index is 665. The maximum atomic E-state index is 12.8. The first kappa shape index (κ1) is 14.9. The predicted octanol–water partition coefficient (Wildman–Crippen LogP) is 2.72. The summed E-state index contributed by atoms with van der Waals surface area (Å²) in [4.78, 5) is 11.0. The van der Waals surface area contributed by atoms with Crippen LogP contribution in [-0.4, -0.2) is 20.9 Å². The van der Waals surface area contributed by atoms with Crippen molar-refractivity contribution in [3.8, 4) is 5.75 Å². The number of hydrogen-bond acceptors (Lipinski definition) is 3. The number of para-hydroxylation sites is 1. The van der Waals surface area contributed by atoms with Gasteiger partial charge in [-0.2, -0.15) is 18.3 Å². The number of ether oxygens (including phenoxy) is 1. The number of nitrogens with zero attached hydrogens (tertiary/aromatic N) is 2. The van der Waals surface area contributed by atoms with Gasteiger partial charge in [0.05, 0.1) is 17.5 Å². The predicted molar refractivity (Wildman–Crippen MR) is 65.9 cm³/mol. The number of benzene rings is 1. The van der Waals surface area contributed by atoms with Crippen LogP contribution in [0.2, 0.25) is 0 Å². The third-order valence-corrected chi connectivity index (χ3v) is 2.85. The Labute approximate surface area is 117 Å². The zero-order chi connectivity index (χ0) is 15.6. The topological polar surface area (TPSA) is 64.4 Å². The third kappa shape index (κ3) is 3.15. The Morgan fingerprint density at radius 2 is 2.05 bits per heavy atom. The standard InChI is InChI=1S/C13H11F3N2O3/c1-18-10(8(6-17-18)12(19)20)7-21-11-5-3-2-4-9(11)13(14,15)16/h2-6H,7H2,1H3,(H,19,20). The molecule has 0 bridgehead atoms. The highest BCUT2D eigenvalue weighted by Crippen LogP contribution is 2.36. The van der Waals surface area contributed by atoms with E-state index >= 15 is 0 Å². The molecule has 0 spiro atoms. The maximum Gasteiger partial charge on any atom is 0.419 e. The van der Waals surface area contributed by atoms with Gasteiger partial charge in [0, 0.05) is 7.05 Å². The largest absolute Gasteiger partial charge is 0.487 e. The molecule has 21 heavy (non-hydrogen) atoms. The van der Waals surface area contributed by atoms with E-state index in [2.05, 4.69) is 5.10 Å². The summed E-state index contributed by atoms with van der Waals surface area (Å²) in [5.74, 6) is -1.58. The number of carbonyl (C=O) groups is 1. The molecule has 8 heteroatoms. The maximum absolute atomic E-state index is 12.8. The van der Waals surface area contributed by atoms with Crippen molar-refractivity contribution >= 4 is 5.97 Å². The fraction of sp³-hybridized carbons (Fsp3) is 0.231. The summed E-state index contributed by atoms with van der Waals surface area (Å²) in [5, 5.41) is 12.7. The molecular formula is C13H11F3N2O3. The van der Waals surface area contributed by atoms with Gasteiger partial charge in [0.1, 0.15) is 17.9 Å². The summed E-state index contributed by atoms with van der Waals surface area (Å²) in [6.07, 6.45) is -3.42. The Kier molecular flexibility index (Phi) is 3.88. The number of aromatic carboxylic acids is 1. The van der Waals surface area contributed by atoms with Crippen LogP contribution in [0.1, 0.15) is 21.6 Å². The number of halogens is 3. The van der Waals surface area contributed by atoms with Crippen molar-refractivity contribution in [1.29, 1.82) is 0 Å². The van der Waals surface area contributed by atoms with Crippen molar-refractivity contribution < 1.29 is 27.8 Å². The van der Waals surface area contributed by atoms with Crippen LogP contribution in [-0.2, 0) is 19.8 Å². The van der Waals surface area contributed by atoms with E-state index in [9.17, 15) is 18.0 Å². The minimum Gasteiger partial charge on any atom is -0.487 e. The van der Waals surface area contributed by atoms with E-state index in [4.69, 9.17) is 9.84 Å². The molecule has 1 N–H and O–H groups in total. The van der Waals surface area contributed by atoms with Gasteiger partial charge >= 0.3 is 12.1 Å². The fourth-order valence-corrected chi connectivity index (χ4v) is 1.79. The van der Waals surface area contributed by atoms with Crippen LogP contribution in [0, 0.1) is 0 Å². The van der Waals surface area contributed by atoms with Crippen LogP contribution in [0.4, 0.5) is 13.2 Å². The number of aromatic nitrogens is 2. The third-order valence-electron chi connectivity index (χ3n) is 2.85. The summed E-state index contributed by atoms with van der Waals surface area (Å²) >= 11 is 0. The van der Waals surface area contributed by atoms with Crippen LogP contribution in [0.5, 0.6) is 5.75 Å². The molecule has 2 rings (SSSR count). The van der Waals surface area contributed by atoms with E-state index in [-0.39, 0.29) is 23.6 Å². The van der Waals surface area contributed by atoms with Crippen LogP contribution in [0.25, 0.3) is 0 Å². The first-order valence-corrected chi connectivity index (χ1v) is 5.84. The average molecular weight is 300 g/mol. The van der Waals surface area contributed by atoms with Gasteiger partial charge in [-0.05, 0) is 12.1 Å². The smallest absolute Gasteiger partial charge is 0.419 e. The summed E-state index contributed by atoms with van der Waals surface area (Å²) in [7, 11) is 1.49. The number of carboxylic acid groups (broad SMARTS) is 1. The highest BCUT2D eigenvalue weighted by Gasteiger charge is 2.34. The summed E-state index contributed by atoms with van der Waals surface area (Å²) in [6.45, 7) is -0.328. The molecule has 0 radical (unpaired) electrons. The summed E-state index contributed by atoms with van der Waals surface area (Å²) in [6, 6.07) is 4.74. The number of hydrogen-bond donors (Lipinski definition) is 1. The lowest BCUT2D eigenvalue weighted by atomic mass is 10.2. The van der Waals surface area contributed by atoms with Gasteiger partial charge < -0.3 is 9.84 Å². The minimum atomic E-state index is -4.54. The molecular weight excluding hydrogens is 289 g/mol. The van der Waals surface area contributed by atoms with Crippen molar-refractivity contribution in [2.45, 2.75) is 12.8 Å². The van der Waals surface area contributed by atoms with E-state index < -0.39 is 17.7 Å². The molecule has 0 aliphatic carbocycles. The fourth-order valence-electron chi connectivity index (χ4n) is 1.79. The first-order chi connectivity index (χ1) is 9.80. The van der Waals surface area contributed by atoms with Crippen molar-refractivity contribution in [1.82, 2.24) is 9.78 Å².